The van der Waals surface area contributed by atoms with Crippen LogP contribution in [0.15, 0.2) is 61.2 Å². The first-order chi connectivity index (χ1) is 14.1. The second-order valence-electron chi connectivity index (χ2n) is 6.76. The minimum absolute atomic E-state index is 0.377. The number of aryl methyl sites for hydroxylation is 2. The van der Waals surface area contributed by atoms with E-state index in [4.69, 9.17) is 4.98 Å². The van der Waals surface area contributed by atoms with Crippen LogP contribution in [0.25, 0.3) is 43.4 Å². The molecule has 5 aromatic heterocycles. The number of rotatable bonds is 3. The zero-order valence-electron chi connectivity index (χ0n) is 15.8. The van der Waals surface area contributed by atoms with Gasteiger partial charge in [0.2, 0.25) is 0 Å². The van der Waals surface area contributed by atoms with Crippen LogP contribution in [0, 0.1) is 12.7 Å². The summed E-state index contributed by atoms with van der Waals surface area (Å²) in [6, 6.07) is 11.4. The van der Waals surface area contributed by atoms with Crippen LogP contribution in [0.4, 0.5) is 4.39 Å². The van der Waals surface area contributed by atoms with Crippen molar-refractivity contribution < 1.29 is 4.39 Å². The van der Waals surface area contributed by atoms with Crippen molar-refractivity contribution in [3.8, 4) is 32.5 Å². The Hall–Kier alpha value is -3.45. The third-order valence-corrected chi connectivity index (χ3v) is 6.00. The van der Waals surface area contributed by atoms with Crippen LogP contribution >= 0.6 is 11.3 Å². The van der Waals surface area contributed by atoms with Crippen molar-refractivity contribution in [2.75, 3.05) is 0 Å². The molecule has 5 nitrogen and oxygen atoms in total. The lowest BCUT2D eigenvalue weighted by Gasteiger charge is -2.07. The first-order valence-corrected chi connectivity index (χ1v) is 9.88. The number of hydrogen-bond acceptors (Lipinski definition) is 5. The van der Waals surface area contributed by atoms with E-state index >= 15 is 0 Å². The van der Waals surface area contributed by atoms with Crippen LogP contribution < -0.4 is 0 Å². The van der Waals surface area contributed by atoms with Gasteiger partial charge in [0.1, 0.15) is 10.8 Å². The van der Waals surface area contributed by atoms with Gasteiger partial charge < -0.3 is 4.57 Å². The van der Waals surface area contributed by atoms with E-state index in [0.29, 0.717) is 5.56 Å². The van der Waals surface area contributed by atoms with E-state index in [-0.39, 0.29) is 5.82 Å². The number of aromatic nitrogens is 5. The molecule has 29 heavy (non-hydrogen) atoms. The molecule has 0 atom stereocenters. The average molecular weight is 401 g/mol. The summed E-state index contributed by atoms with van der Waals surface area (Å²) in [7, 11) is 2.01. The molecule has 0 aliphatic rings. The number of thiazole rings is 1. The van der Waals surface area contributed by atoms with E-state index < -0.39 is 0 Å². The van der Waals surface area contributed by atoms with Gasteiger partial charge in [-0.15, -0.1) is 11.3 Å². The Bertz CT molecular complexity index is 1340. The fraction of sp³-hybridized carbons (Fsp3) is 0.0909. The Labute approximate surface area is 170 Å². The maximum atomic E-state index is 13.6. The number of nitrogens with zero attached hydrogens (tertiary/aromatic N) is 5. The monoisotopic (exact) mass is 401 g/mol. The molecular weight excluding hydrogens is 385 g/mol. The molecular formula is C22H16FN5S. The summed E-state index contributed by atoms with van der Waals surface area (Å²) in [5.74, 6) is -0.377. The number of halogens is 1. The summed E-state index contributed by atoms with van der Waals surface area (Å²) in [5.41, 5.74) is 5.06. The molecule has 5 heterocycles. The Kier molecular flexibility index (Phi) is 4.17. The van der Waals surface area contributed by atoms with Crippen LogP contribution in [0.1, 0.15) is 5.69 Å². The highest BCUT2D eigenvalue weighted by Crippen LogP contribution is 2.37. The molecule has 5 aromatic rings. The topological polar surface area (TPSA) is 56.5 Å². The Morgan fingerprint density at radius 3 is 2.72 bits per heavy atom. The zero-order chi connectivity index (χ0) is 20.0. The minimum atomic E-state index is -0.377. The van der Waals surface area contributed by atoms with Gasteiger partial charge in [0.15, 0.2) is 0 Å². The fourth-order valence-corrected chi connectivity index (χ4v) is 4.37. The van der Waals surface area contributed by atoms with E-state index in [0.717, 1.165) is 43.6 Å². The lowest BCUT2D eigenvalue weighted by atomic mass is 10.1. The first-order valence-electron chi connectivity index (χ1n) is 9.06. The minimum Gasteiger partial charge on any atom is -0.350 e. The average Bonchev–Trinajstić information content (AvgIpc) is 3.31. The van der Waals surface area contributed by atoms with Crippen LogP contribution in [-0.2, 0) is 7.05 Å². The van der Waals surface area contributed by atoms with Crippen LogP contribution in [0.2, 0.25) is 0 Å². The Morgan fingerprint density at radius 1 is 1.03 bits per heavy atom. The van der Waals surface area contributed by atoms with Gasteiger partial charge in [-0.2, -0.15) is 0 Å². The van der Waals surface area contributed by atoms with Crippen molar-refractivity contribution in [2.24, 2.45) is 7.05 Å². The van der Waals surface area contributed by atoms with E-state index in [2.05, 4.69) is 31.7 Å². The van der Waals surface area contributed by atoms with Gasteiger partial charge in [-0.25, -0.2) is 14.4 Å². The maximum absolute atomic E-state index is 13.6. The number of pyridine rings is 3. The second kappa shape index (κ2) is 6.86. The van der Waals surface area contributed by atoms with Crippen molar-refractivity contribution in [2.45, 2.75) is 6.92 Å². The van der Waals surface area contributed by atoms with Crippen LogP contribution in [-0.4, -0.2) is 24.5 Å². The summed E-state index contributed by atoms with van der Waals surface area (Å²) in [4.78, 5) is 19.0. The van der Waals surface area contributed by atoms with Gasteiger partial charge >= 0.3 is 0 Å². The molecule has 0 aromatic carbocycles. The van der Waals surface area contributed by atoms with Crippen molar-refractivity contribution >= 4 is 22.2 Å². The molecule has 7 heteroatoms. The number of fused-ring (bicyclic) bond motifs is 1. The van der Waals surface area contributed by atoms with Crippen molar-refractivity contribution in [3.05, 3.63) is 72.7 Å². The van der Waals surface area contributed by atoms with E-state index in [1.54, 1.807) is 12.4 Å². The Morgan fingerprint density at radius 2 is 1.93 bits per heavy atom. The zero-order valence-corrected chi connectivity index (χ0v) is 16.6. The molecule has 0 unspecified atom stereocenters. The van der Waals surface area contributed by atoms with Gasteiger partial charge in [-0.3, -0.25) is 9.97 Å². The summed E-state index contributed by atoms with van der Waals surface area (Å²) < 4.78 is 15.7. The van der Waals surface area contributed by atoms with Crippen molar-refractivity contribution in [3.63, 3.8) is 0 Å². The lowest BCUT2D eigenvalue weighted by Crippen LogP contribution is -1.93. The molecule has 0 fully saturated rings. The van der Waals surface area contributed by atoms with E-state index in [1.165, 1.54) is 23.6 Å². The molecule has 0 saturated heterocycles. The van der Waals surface area contributed by atoms with Crippen LogP contribution in [0.3, 0.4) is 0 Å². The van der Waals surface area contributed by atoms with Crippen molar-refractivity contribution in [1.29, 1.82) is 0 Å². The first kappa shape index (κ1) is 17.6. The van der Waals surface area contributed by atoms with Crippen LogP contribution in [0.5, 0.6) is 0 Å². The maximum Gasteiger partial charge on any atom is 0.142 e. The van der Waals surface area contributed by atoms with Gasteiger partial charge in [0.05, 0.1) is 39.4 Å². The quantitative estimate of drug-likeness (QED) is 0.413. The molecule has 0 N–H and O–H groups in total. The SMILES string of the molecule is Cc1nc(-c2cncc(F)c2)sc1-c1cc2c(ccn2C)c(-c2ccccn2)n1. The highest BCUT2D eigenvalue weighted by Gasteiger charge is 2.17. The molecule has 0 saturated carbocycles. The molecule has 0 radical (unpaired) electrons. The third-order valence-electron chi connectivity index (χ3n) is 4.77. The third kappa shape index (κ3) is 3.09. The predicted molar refractivity (Wildman–Crippen MR) is 113 cm³/mol. The highest BCUT2D eigenvalue weighted by molar-refractivity contribution is 7.18. The number of hydrogen-bond donors (Lipinski definition) is 0. The second-order valence-corrected chi connectivity index (χ2v) is 7.75. The Balaban J connectivity index is 1.71. The molecule has 5 rings (SSSR count). The molecule has 142 valence electrons. The summed E-state index contributed by atoms with van der Waals surface area (Å²) in [6.07, 6.45) is 6.60. The molecule has 0 spiro atoms. The summed E-state index contributed by atoms with van der Waals surface area (Å²) in [5, 5.41) is 1.77. The van der Waals surface area contributed by atoms with E-state index in [1.807, 2.05) is 38.4 Å². The van der Waals surface area contributed by atoms with Gasteiger partial charge in [-0.1, -0.05) is 6.07 Å². The smallest absolute Gasteiger partial charge is 0.142 e. The van der Waals surface area contributed by atoms with Gasteiger partial charge in [0, 0.05) is 36.6 Å². The van der Waals surface area contributed by atoms with E-state index in [9.17, 15) is 4.39 Å². The van der Waals surface area contributed by atoms with Crippen molar-refractivity contribution in [1.82, 2.24) is 24.5 Å². The molecule has 0 amide bonds. The lowest BCUT2D eigenvalue weighted by molar-refractivity contribution is 0.622. The predicted octanol–water partition coefficient (Wildman–Crippen LogP) is 5.27. The summed E-state index contributed by atoms with van der Waals surface area (Å²) in [6.45, 7) is 1.94. The molecule has 0 aliphatic heterocycles. The fourth-order valence-electron chi connectivity index (χ4n) is 3.37. The normalized spacial score (nSPS) is 11.3. The largest absolute Gasteiger partial charge is 0.350 e. The molecule has 0 aliphatic carbocycles. The van der Waals surface area contributed by atoms with Gasteiger partial charge in [0.25, 0.3) is 0 Å². The molecule has 0 bridgehead atoms. The standard InChI is InChI=1S/C22H16FN5S/c1-13-21(29-22(26-13)14-9-15(23)12-24-11-14)18-10-19-16(6-8-28(19)2)20(27-18)17-5-3-4-7-25-17/h3-12H,1-2H3. The summed E-state index contributed by atoms with van der Waals surface area (Å²) >= 11 is 1.49. The van der Waals surface area contributed by atoms with Gasteiger partial charge in [-0.05, 0) is 37.3 Å². The highest BCUT2D eigenvalue weighted by atomic mass is 32.1.